The van der Waals surface area contributed by atoms with Gasteiger partial charge in [0.25, 0.3) is 0 Å². The summed E-state index contributed by atoms with van der Waals surface area (Å²) >= 11 is 0. The summed E-state index contributed by atoms with van der Waals surface area (Å²) in [7, 11) is 1.56. The van der Waals surface area contributed by atoms with Crippen molar-refractivity contribution >= 4 is 28.9 Å². The lowest BCUT2D eigenvalue weighted by Crippen LogP contribution is -2.70. The van der Waals surface area contributed by atoms with Crippen molar-refractivity contribution in [1.29, 1.82) is 0 Å². The lowest BCUT2D eigenvalue weighted by molar-refractivity contribution is -0.256. The second-order valence-corrected chi connectivity index (χ2v) is 19.3. The molecule has 4 aromatic rings. The fourth-order valence-corrected chi connectivity index (χ4v) is 11.4. The van der Waals surface area contributed by atoms with E-state index < -0.39 is 23.8 Å². The molecule has 0 saturated heterocycles. The number of rotatable bonds is 29. The van der Waals surface area contributed by atoms with Gasteiger partial charge in [0.2, 0.25) is 5.79 Å². The third kappa shape index (κ3) is 12.7. The monoisotopic (exact) mass is 957 g/mol. The SMILES string of the molecule is C=CCOC12Oc3ccc(Oc4cccc(C=O)c4)cc3C3C(CCCCO)C(CCCCO)C=C(C(=NOC)CC1N(Cc1cccc4ccccc14)C(=O)OCCCCCCCCCCCC)C32. The summed E-state index contributed by atoms with van der Waals surface area (Å²) in [6.45, 7) is 7.17. The van der Waals surface area contributed by atoms with Gasteiger partial charge in [0.15, 0.2) is 0 Å². The molecule has 2 aliphatic carbocycles. The molecule has 3 aliphatic rings. The summed E-state index contributed by atoms with van der Waals surface area (Å²) in [5.41, 5.74) is 4.05. The maximum Gasteiger partial charge on any atom is 0.410 e. The van der Waals surface area contributed by atoms with E-state index in [2.05, 4.69) is 43.8 Å². The number of hydrogen-bond donors (Lipinski definition) is 2. The highest BCUT2D eigenvalue weighted by Crippen LogP contribution is 2.62. The quantitative estimate of drug-likeness (QED) is 0.0236. The van der Waals surface area contributed by atoms with Gasteiger partial charge in [-0.25, -0.2) is 4.79 Å². The number of aldehydes is 1. The van der Waals surface area contributed by atoms with Crippen molar-refractivity contribution < 1.29 is 43.6 Å². The number of carbonyl (C=O) groups is 2. The Kier molecular flexibility index (Phi) is 19.9. The molecule has 1 aliphatic heterocycles. The predicted octanol–water partition coefficient (Wildman–Crippen LogP) is 13.3. The number of hydrogen-bond acceptors (Lipinski definition) is 10. The fourth-order valence-electron chi connectivity index (χ4n) is 11.4. The van der Waals surface area contributed by atoms with E-state index in [0.717, 1.165) is 78.7 Å². The minimum Gasteiger partial charge on any atom is -0.459 e. The largest absolute Gasteiger partial charge is 0.459 e. The van der Waals surface area contributed by atoms with E-state index in [4.69, 9.17) is 28.9 Å². The van der Waals surface area contributed by atoms with E-state index in [1.165, 1.54) is 44.9 Å². The number of amides is 1. The van der Waals surface area contributed by atoms with Crippen molar-refractivity contribution in [3.63, 3.8) is 0 Å². The van der Waals surface area contributed by atoms with Crippen LogP contribution >= 0.6 is 0 Å². The molecule has 11 heteroatoms. The number of fused-ring (bicyclic) bond motifs is 3. The zero-order valence-electron chi connectivity index (χ0n) is 41.6. The molecule has 0 radical (unpaired) electrons. The number of nitrogens with zero attached hydrogens (tertiary/aromatic N) is 2. The number of aliphatic hydroxyl groups is 2. The summed E-state index contributed by atoms with van der Waals surface area (Å²) in [4.78, 5) is 34.5. The molecule has 1 amide bonds. The summed E-state index contributed by atoms with van der Waals surface area (Å²) in [6.07, 6.45) is 20.9. The highest BCUT2D eigenvalue weighted by atomic mass is 16.7. The van der Waals surface area contributed by atoms with Gasteiger partial charge in [0.1, 0.15) is 36.7 Å². The molecule has 1 heterocycles. The lowest BCUT2D eigenvalue weighted by atomic mass is 9.55. The molecule has 11 nitrogen and oxygen atoms in total. The summed E-state index contributed by atoms with van der Waals surface area (Å²) < 4.78 is 27.5. The first-order chi connectivity index (χ1) is 34.4. The maximum atomic E-state index is 15.2. The Morgan fingerprint density at radius 2 is 1.56 bits per heavy atom. The van der Waals surface area contributed by atoms with Gasteiger partial charge in [-0.1, -0.05) is 149 Å². The zero-order chi connectivity index (χ0) is 49.1. The molecule has 4 aromatic carbocycles. The van der Waals surface area contributed by atoms with E-state index in [1.54, 1.807) is 31.4 Å². The average molecular weight is 957 g/mol. The minimum absolute atomic E-state index is 0.0272. The average Bonchev–Trinajstić information content (AvgIpc) is 3.38. The third-order valence-electron chi connectivity index (χ3n) is 14.6. The molecular formula is C59H76N2O9. The predicted molar refractivity (Wildman–Crippen MR) is 277 cm³/mol. The highest BCUT2D eigenvalue weighted by Gasteiger charge is 2.65. The van der Waals surface area contributed by atoms with Gasteiger partial charge >= 0.3 is 6.09 Å². The molecule has 1 fully saturated rings. The smallest absolute Gasteiger partial charge is 0.410 e. The number of unbranched alkanes of at least 4 members (excludes halogenated alkanes) is 11. The van der Waals surface area contributed by atoms with Crippen molar-refractivity contribution in [3.8, 4) is 17.2 Å². The third-order valence-corrected chi connectivity index (χ3v) is 14.6. The highest BCUT2D eigenvalue weighted by molar-refractivity contribution is 6.03. The van der Waals surface area contributed by atoms with Crippen LogP contribution in [0.5, 0.6) is 17.2 Å². The van der Waals surface area contributed by atoms with Gasteiger partial charge in [0, 0.05) is 36.7 Å². The maximum absolute atomic E-state index is 15.2. The number of carbonyl (C=O) groups excluding carboxylic acids is 2. The normalized spacial score (nSPS) is 21.8. The molecule has 70 heavy (non-hydrogen) atoms. The lowest BCUT2D eigenvalue weighted by Gasteiger charge is -2.59. The van der Waals surface area contributed by atoms with Crippen LogP contribution in [-0.4, -0.2) is 78.6 Å². The van der Waals surface area contributed by atoms with Gasteiger partial charge in [-0.2, -0.15) is 0 Å². The van der Waals surface area contributed by atoms with Gasteiger partial charge in [-0.3, -0.25) is 9.69 Å². The second-order valence-electron chi connectivity index (χ2n) is 19.3. The second kappa shape index (κ2) is 26.6. The first kappa shape index (κ1) is 52.3. The van der Waals surface area contributed by atoms with Crippen LogP contribution in [0.4, 0.5) is 4.79 Å². The van der Waals surface area contributed by atoms with Crippen LogP contribution in [0.3, 0.4) is 0 Å². The Balaban J connectivity index is 1.33. The molecule has 7 rings (SSSR count). The van der Waals surface area contributed by atoms with Crippen molar-refractivity contribution in [2.75, 3.05) is 33.5 Å². The molecule has 0 aromatic heterocycles. The van der Waals surface area contributed by atoms with Gasteiger partial charge in [-0.15, -0.1) is 6.58 Å². The van der Waals surface area contributed by atoms with Crippen LogP contribution in [-0.2, 0) is 20.9 Å². The molecule has 376 valence electrons. The summed E-state index contributed by atoms with van der Waals surface area (Å²) in [5, 5.41) is 26.9. The van der Waals surface area contributed by atoms with Gasteiger partial charge < -0.3 is 34.0 Å². The van der Waals surface area contributed by atoms with Gasteiger partial charge in [0.05, 0.1) is 31.4 Å². The van der Waals surface area contributed by atoms with Crippen LogP contribution in [0.2, 0.25) is 0 Å². The molecule has 0 spiro atoms. The summed E-state index contributed by atoms with van der Waals surface area (Å²) in [6, 6.07) is 26.6. The van der Waals surface area contributed by atoms with Crippen molar-refractivity contribution in [2.24, 2.45) is 22.9 Å². The van der Waals surface area contributed by atoms with E-state index in [-0.39, 0.29) is 57.1 Å². The Morgan fingerprint density at radius 1 is 0.843 bits per heavy atom. The standard InChI is InChI=1S/C59H76N2O9/c1-4-6-7-8-9-10-11-12-13-20-36-67-58(65)61(41-46-27-22-26-44-24-14-15-29-49(44)46)55-40-53(60-66-3)51-38-45(25-16-18-33-62)50(30-17-19-34-63)56-52-39-48(69-47-28-21-23-43(37-47)42-64)31-32-54(52)70-59(55,57(51)56)68-35-5-2/h5,14-15,21-24,26-29,31-32,37-39,42,45,50,55-57,62-63H,2,4,6-13,16-20,25,30,33-36,40-41H2,1,3H3. The Bertz CT molecular complexity index is 2370. The van der Waals surface area contributed by atoms with E-state index >= 15 is 4.79 Å². The number of aliphatic hydroxyl groups excluding tert-OH is 2. The van der Waals surface area contributed by atoms with Crippen LogP contribution in [0.15, 0.2) is 114 Å². The van der Waals surface area contributed by atoms with E-state index in [1.807, 2.05) is 47.4 Å². The van der Waals surface area contributed by atoms with Crippen LogP contribution in [0, 0.1) is 17.8 Å². The molecule has 2 N–H and O–H groups in total. The first-order valence-electron chi connectivity index (χ1n) is 26.1. The van der Waals surface area contributed by atoms with Crippen molar-refractivity contribution in [2.45, 2.75) is 140 Å². The Labute approximate surface area is 415 Å². The topological polar surface area (TPSA) is 136 Å². The number of oxime groups is 1. The number of benzene rings is 4. The molecular weight excluding hydrogens is 881 g/mol. The number of ether oxygens (including phenoxy) is 4. The zero-order valence-corrected chi connectivity index (χ0v) is 41.6. The fraction of sp³-hybridized carbons (Fsp3) is 0.508. The minimum atomic E-state index is -1.46. The van der Waals surface area contributed by atoms with Crippen molar-refractivity contribution in [3.05, 3.63) is 126 Å². The summed E-state index contributed by atoms with van der Waals surface area (Å²) in [5.74, 6) is -0.391. The molecule has 6 atom stereocenters. The Hall–Kier alpha value is -5.49. The number of allylic oxidation sites excluding steroid dienone is 1. The van der Waals surface area contributed by atoms with E-state index in [9.17, 15) is 15.0 Å². The molecule has 0 bridgehead atoms. The first-order valence-corrected chi connectivity index (χ1v) is 26.1. The van der Waals surface area contributed by atoms with Crippen LogP contribution in [0.25, 0.3) is 10.8 Å². The van der Waals surface area contributed by atoms with Gasteiger partial charge in [-0.05, 0) is 96.2 Å². The molecule has 1 saturated carbocycles. The van der Waals surface area contributed by atoms with E-state index in [0.29, 0.717) is 41.4 Å². The van der Waals surface area contributed by atoms with Crippen LogP contribution < -0.4 is 9.47 Å². The van der Waals surface area contributed by atoms with Crippen molar-refractivity contribution in [1.82, 2.24) is 4.90 Å². The Morgan fingerprint density at radius 3 is 2.30 bits per heavy atom. The molecule has 6 unspecified atom stereocenters. The van der Waals surface area contributed by atoms with Crippen LogP contribution in [0.1, 0.15) is 143 Å².